The Bertz CT molecular complexity index is 522. The maximum absolute atomic E-state index is 13.6. The van der Waals surface area contributed by atoms with Crippen molar-refractivity contribution in [2.75, 3.05) is 25.5 Å². The van der Waals surface area contributed by atoms with Gasteiger partial charge < -0.3 is 15.8 Å². The summed E-state index contributed by atoms with van der Waals surface area (Å²) in [6, 6.07) is 1.79. The molecule has 0 saturated heterocycles. The van der Waals surface area contributed by atoms with Crippen molar-refractivity contribution >= 4 is 17.3 Å². The van der Waals surface area contributed by atoms with Crippen molar-refractivity contribution in [3.8, 4) is 0 Å². The van der Waals surface area contributed by atoms with Gasteiger partial charge in [0.25, 0.3) is 11.6 Å². The Kier molecular flexibility index (Phi) is 6.54. The standard InChI is InChI=1S/C13H18FN3O4/c1-2-7-21-8-3-6-16-13(18)11-9(14)4-5-10(12(11)15)17(19)20/h4-5H,2-3,6-8,15H2,1H3,(H,16,18). The van der Waals surface area contributed by atoms with Gasteiger partial charge in [0, 0.05) is 25.8 Å². The van der Waals surface area contributed by atoms with Gasteiger partial charge in [-0.05, 0) is 18.9 Å². The van der Waals surface area contributed by atoms with Gasteiger partial charge in [0.15, 0.2) is 0 Å². The first-order valence-electron chi connectivity index (χ1n) is 6.57. The van der Waals surface area contributed by atoms with E-state index in [0.717, 1.165) is 18.6 Å². The highest BCUT2D eigenvalue weighted by atomic mass is 19.1. The molecule has 0 aliphatic rings. The molecule has 0 unspecified atom stereocenters. The van der Waals surface area contributed by atoms with Gasteiger partial charge in [-0.3, -0.25) is 14.9 Å². The summed E-state index contributed by atoms with van der Waals surface area (Å²) < 4.78 is 18.9. The number of benzene rings is 1. The Morgan fingerprint density at radius 1 is 1.48 bits per heavy atom. The Morgan fingerprint density at radius 2 is 2.19 bits per heavy atom. The number of ether oxygens (including phenoxy) is 1. The number of amides is 1. The van der Waals surface area contributed by atoms with Crippen molar-refractivity contribution in [2.45, 2.75) is 19.8 Å². The van der Waals surface area contributed by atoms with Crippen LogP contribution in [0.1, 0.15) is 30.1 Å². The number of carbonyl (C=O) groups is 1. The topological polar surface area (TPSA) is 107 Å². The van der Waals surface area contributed by atoms with Crippen LogP contribution in [0, 0.1) is 15.9 Å². The smallest absolute Gasteiger partial charge is 0.293 e. The van der Waals surface area contributed by atoms with E-state index < -0.39 is 33.6 Å². The molecule has 8 heteroatoms. The summed E-state index contributed by atoms with van der Waals surface area (Å²) >= 11 is 0. The molecule has 1 aromatic rings. The molecule has 21 heavy (non-hydrogen) atoms. The molecule has 3 N–H and O–H groups in total. The molecule has 0 saturated carbocycles. The molecular formula is C13H18FN3O4. The summed E-state index contributed by atoms with van der Waals surface area (Å²) in [6.07, 6.45) is 1.46. The van der Waals surface area contributed by atoms with Crippen molar-refractivity contribution in [2.24, 2.45) is 0 Å². The molecule has 1 rings (SSSR count). The fourth-order valence-corrected chi connectivity index (χ4v) is 1.68. The Morgan fingerprint density at radius 3 is 2.81 bits per heavy atom. The highest BCUT2D eigenvalue weighted by Crippen LogP contribution is 2.27. The number of halogens is 1. The van der Waals surface area contributed by atoms with Crippen molar-refractivity contribution in [3.05, 3.63) is 33.6 Å². The van der Waals surface area contributed by atoms with Crippen LogP contribution in [0.3, 0.4) is 0 Å². The summed E-state index contributed by atoms with van der Waals surface area (Å²) in [4.78, 5) is 21.8. The lowest BCUT2D eigenvalue weighted by Gasteiger charge is -2.09. The highest BCUT2D eigenvalue weighted by Gasteiger charge is 2.23. The monoisotopic (exact) mass is 299 g/mol. The molecule has 0 aromatic heterocycles. The molecule has 0 radical (unpaired) electrons. The molecule has 0 aliphatic heterocycles. The minimum absolute atomic E-state index is 0.268. The van der Waals surface area contributed by atoms with Gasteiger partial charge in [0.1, 0.15) is 17.1 Å². The van der Waals surface area contributed by atoms with E-state index in [0.29, 0.717) is 19.6 Å². The number of hydrogen-bond acceptors (Lipinski definition) is 5. The van der Waals surface area contributed by atoms with E-state index >= 15 is 0 Å². The first-order chi connectivity index (χ1) is 9.99. The number of nitrogen functional groups attached to an aromatic ring is 1. The van der Waals surface area contributed by atoms with Crippen molar-refractivity contribution in [1.82, 2.24) is 5.32 Å². The van der Waals surface area contributed by atoms with Crippen LogP contribution < -0.4 is 11.1 Å². The summed E-state index contributed by atoms with van der Waals surface area (Å²) in [5.74, 6) is -1.66. The molecule has 1 aromatic carbocycles. The molecule has 0 bridgehead atoms. The molecule has 0 aliphatic carbocycles. The van der Waals surface area contributed by atoms with Gasteiger partial charge in [-0.25, -0.2) is 4.39 Å². The summed E-state index contributed by atoms with van der Waals surface area (Å²) in [5, 5.41) is 13.2. The maximum Gasteiger partial charge on any atom is 0.293 e. The van der Waals surface area contributed by atoms with Gasteiger partial charge in [-0.2, -0.15) is 0 Å². The zero-order valence-corrected chi connectivity index (χ0v) is 11.7. The number of nitro groups is 1. The second kappa shape index (κ2) is 8.15. The number of rotatable bonds is 8. The third kappa shape index (κ3) is 4.67. The number of nitro benzene ring substituents is 1. The first-order valence-corrected chi connectivity index (χ1v) is 6.57. The molecule has 7 nitrogen and oxygen atoms in total. The van der Waals surface area contributed by atoms with Crippen LogP contribution in [0.25, 0.3) is 0 Å². The van der Waals surface area contributed by atoms with Crippen LogP contribution in [0.5, 0.6) is 0 Å². The number of hydrogen-bond donors (Lipinski definition) is 2. The largest absolute Gasteiger partial charge is 0.392 e. The van der Waals surface area contributed by atoms with Crippen LogP contribution >= 0.6 is 0 Å². The van der Waals surface area contributed by atoms with E-state index in [9.17, 15) is 19.3 Å². The van der Waals surface area contributed by atoms with Gasteiger partial charge in [-0.1, -0.05) is 6.92 Å². The van der Waals surface area contributed by atoms with Crippen LogP contribution in [0.15, 0.2) is 12.1 Å². The molecular weight excluding hydrogens is 281 g/mol. The number of nitrogens with one attached hydrogen (secondary N) is 1. The third-order valence-corrected chi connectivity index (χ3v) is 2.69. The first kappa shape index (κ1) is 16.8. The maximum atomic E-state index is 13.6. The van der Waals surface area contributed by atoms with Crippen molar-refractivity contribution in [1.29, 1.82) is 0 Å². The molecule has 1 amide bonds. The van der Waals surface area contributed by atoms with Crippen LogP contribution in [0.2, 0.25) is 0 Å². The zero-order valence-electron chi connectivity index (χ0n) is 11.7. The SMILES string of the molecule is CCCOCCCNC(=O)c1c(F)ccc([N+](=O)[O-])c1N. The second-order valence-corrected chi connectivity index (χ2v) is 4.33. The number of nitrogens with two attached hydrogens (primary N) is 1. The second-order valence-electron chi connectivity index (χ2n) is 4.33. The van der Waals surface area contributed by atoms with Gasteiger partial charge >= 0.3 is 0 Å². The Hall–Kier alpha value is -2.22. The van der Waals surface area contributed by atoms with Crippen LogP contribution in [-0.4, -0.2) is 30.6 Å². The lowest BCUT2D eigenvalue weighted by molar-refractivity contribution is -0.384. The average Bonchev–Trinajstić information content (AvgIpc) is 2.42. The number of anilines is 1. The molecule has 0 fully saturated rings. The molecule has 116 valence electrons. The number of nitrogens with zero attached hydrogens (tertiary/aromatic N) is 1. The average molecular weight is 299 g/mol. The minimum Gasteiger partial charge on any atom is -0.392 e. The van der Waals surface area contributed by atoms with Gasteiger partial charge in [0.2, 0.25) is 0 Å². The van der Waals surface area contributed by atoms with Crippen LogP contribution in [-0.2, 0) is 4.74 Å². The summed E-state index contributed by atoms with van der Waals surface area (Å²) in [6.45, 7) is 3.36. The van der Waals surface area contributed by atoms with Gasteiger partial charge in [0.05, 0.1) is 4.92 Å². The fourth-order valence-electron chi connectivity index (χ4n) is 1.68. The predicted molar refractivity (Wildman–Crippen MR) is 75.5 cm³/mol. The van der Waals surface area contributed by atoms with Gasteiger partial charge in [-0.15, -0.1) is 0 Å². The molecule has 0 heterocycles. The Labute approximate surface area is 121 Å². The van der Waals surface area contributed by atoms with E-state index in [1.54, 1.807) is 0 Å². The van der Waals surface area contributed by atoms with E-state index in [-0.39, 0.29) is 6.54 Å². The van der Waals surface area contributed by atoms with E-state index in [4.69, 9.17) is 10.5 Å². The van der Waals surface area contributed by atoms with E-state index in [2.05, 4.69) is 5.32 Å². The quantitative estimate of drug-likeness (QED) is 0.330. The Balaban J connectivity index is 2.66. The predicted octanol–water partition coefficient (Wildman–Crippen LogP) is 1.86. The highest BCUT2D eigenvalue weighted by molar-refractivity contribution is 6.01. The summed E-state index contributed by atoms with van der Waals surface area (Å²) in [7, 11) is 0. The number of carbonyl (C=O) groups excluding carboxylic acids is 1. The zero-order chi connectivity index (χ0) is 15.8. The van der Waals surface area contributed by atoms with Crippen molar-refractivity contribution in [3.63, 3.8) is 0 Å². The third-order valence-electron chi connectivity index (χ3n) is 2.69. The minimum atomic E-state index is -0.891. The van der Waals surface area contributed by atoms with Crippen LogP contribution in [0.4, 0.5) is 15.8 Å². The lowest BCUT2D eigenvalue weighted by atomic mass is 10.1. The lowest BCUT2D eigenvalue weighted by Crippen LogP contribution is -2.27. The molecule has 0 spiro atoms. The van der Waals surface area contributed by atoms with E-state index in [1.165, 1.54) is 0 Å². The normalized spacial score (nSPS) is 10.4. The van der Waals surface area contributed by atoms with E-state index in [1.807, 2.05) is 6.92 Å². The van der Waals surface area contributed by atoms with Crippen molar-refractivity contribution < 1.29 is 18.8 Å². The summed E-state index contributed by atoms with van der Waals surface area (Å²) in [5.41, 5.74) is 4.02. The fraction of sp³-hybridized carbons (Fsp3) is 0.462. The molecule has 0 atom stereocenters.